The van der Waals surface area contributed by atoms with Crippen LogP contribution in [0.15, 0.2) is 41.8 Å². The second-order valence-corrected chi connectivity index (χ2v) is 6.96. The SMILES string of the molecule is COc1ccc([C@H](OC(=O)c2cccs2)C(=O)NCCC(C)C)cc1. The van der Waals surface area contributed by atoms with Crippen LogP contribution in [0.3, 0.4) is 0 Å². The van der Waals surface area contributed by atoms with Gasteiger partial charge in [0.15, 0.2) is 0 Å². The summed E-state index contributed by atoms with van der Waals surface area (Å²) in [5, 5.41) is 4.64. The van der Waals surface area contributed by atoms with E-state index in [1.165, 1.54) is 11.3 Å². The number of hydrogen-bond donors (Lipinski definition) is 1. The zero-order valence-corrected chi connectivity index (χ0v) is 15.5. The number of rotatable bonds is 8. The van der Waals surface area contributed by atoms with Gasteiger partial charge in [-0.05, 0) is 35.9 Å². The number of hydrogen-bond acceptors (Lipinski definition) is 5. The third-order valence-electron chi connectivity index (χ3n) is 3.62. The van der Waals surface area contributed by atoms with E-state index in [1.807, 2.05) is 0 Å². The van der Waals surface area contributed by atoms with Gasteiger partial charge in [0.2, 0.25) is 6.10 Å². The molecule has 0 saturated heterocycles. The summed E-state index contributed by atoms with van der Waals surface area (Å²) in [4.78, 5) is 25.3. The summed E-state index contributed by atoms with van der Waals surface area (Å²) in [5.41, 5.74) is 0.604. The third-order valence-corrected chi connectivity index (χ3v) is 4.47. The third kappa shape index (κ3) is 5.60. The van der Waals surface area contributed by atoms with Crippen molar-refractivity contribution >= 4 is 23.2 Å². The van der Waals surface area contributed by atoms with Gasteiger partial charge in [0.25, 0.3) is 5.91 Å². The van der Waals surface area contributed by atoms with Crippen molar-refractivity contribution < 1.29 is 19.1 Å². The number of methoxy groups -OCH3 is 1. The Morgan fingerprint density at radius 3 is 2.44 bits per heavy atom. The number of benzene rings is 1. The summed E-state index contributed by atoms with van der Waals surface area (Å²) in [5.74, 6) is 0.325. The summed E-state index contributed by atoms with van der Waals surface area (Å²) in [6.45, 7) is 4.72. The standard InChI is InChI=1S/C19H23NO4S/c1-13(2)10-11-20-18(21)17(14-6-8-15(23-3)9-7-14)24-19(22)16-5-4-12-25-16/h4-9,12-13,17H,10-11H2,1-3H3,(H,20,21)/t17-/m0/s1. The van der Waals surface area contributed by atoms with Crippen LogP contribution < -0.4 is 10.1 Å². The average molecular weight is 361 g/mol. The van der Waals surface area contributed by atoms with Crippen LogP contribution in [0.5, 0.6) is 5.75 Å². The molecule has 2 aromatic rings. The van der Waals surface area contributed by atoms with E-state index >= 15 is 0 Å². The van der Waals surface area contributed by atoms with Gasteiger partial charge in [0, 0.05) is 12.1 Å². The lowest BCUT2D eigenvalue weighted by atomic mass is 10.1. The highest BCUT2D eigenvalue weighted by Crippen LogP contribution is 2.23. The van der Waals surface area contributed by atoms with Crippen LogP contribution in [0, 0.1) is 5.92 Å². The lowest BCUT2D eigenvalue weighted by Gasteiger charge is -2.18. The summed E-state index contributed by atoms with van der Waals surface area (Å²) in [6, 6.07) is 10.4. The highest BCUT2D eigenvalue weighted by atomic mass is 32.1. The molecule has 0 unspecified atom stereocenters. The van der Waals surface area contributed by atoms with E-state index in [1.54, 1.807) is 48.9 Å². The maximum absolute atomic E-state index is 12.6. The molecule has 0 saturated carbocycles. The molecule has 25 heavy (non-hydrogen) atoms. The van der Waals surface area contributed by atoms with Crippen molar-refractivity contribution in [2.24, 2.45) is 5.92 Å². The monoisotopic (exact) mass is 361 g/mol. The highest BCUT2D eigenvalue weighted by molar-refractivity contribution is 7.11. The molecule has 0 aliphatic heterocycles. The molecule has 5 nitrogen and oxygen atoms in total. The van der Waals surface area contributed by atoms with Gasteiger partial charge < -0.3 is 14.8 Å². The number of esters is 1. The van der Waals surface area contributed by atoms with Gasteiger partial charge in [-0.1, -0.05) is 32.0 Å². The molecule has 1 amide bonds. The van der Waals surface area contributed by atoms with Crippen molar-refractivity contribution in [3.63, 3.8) is 0 Å². The lowest BCUT2D eigenvalue weighted by molar-refractivity contribution is -0.130. The van der Waals surface area contributed by atoms with Crippen molar-refractivity contribution in [3.05, 3.63) is 52.2 Å². The first-order valence-electron chi connectivity index (χ1n) is 8.17. The fourth-order valence-corrected chi connectivity index (χ4v) is 2.79. The van der Waals surface area contributed by atoms with Gasteiger partial charge in [-0.25, -0.2) is 4.79 Å². The first-order valence-corrected chi connectivity index (χ1v) is 9.05. The molecule has 2 rings (SSSR count). The molecule has 1 aromatic carbocycles. The minimum atomic E-state index is -0.993. The molecule has 0 bridgehead atoms. The Morgan fingerprint density at radius 2 is 1.88 bits per heavy atom. The van der Waals surface area contributed by atoms with Crippen LogP contribution in [0.4, 0.5) is 0 Å². The smallest absolute Gasteiger partial charge is 0.349 e. The van der Waals surface area contributed by atoms with Gasteiger partial charge in [-0.3, -0.25) is 4.79 Å². The van der Waals surface area contributed by atoms with E-state index in [-0.39, 0.29) is 5.91 Å². The first kappa shape index (κ1) is 19.0. The highest BCUT2D eigenvalue weighted by Gasteiger charge is 2.26. The minimum absolute atomic E-state index is 0.323. The van der Waals surface area contributed by atoms with Crippen LogP contribution in [0.1, 0.15) is 41.6 Å². The van der Waals surface area contributed by atoms with Crippen molar-refractivity contribution in [1.29, 1.82) is 0 Å². The van der Waals surface area contributed by atoms with Crippen LogP contribution in [0.2, 0.25) is 0 Å². The molecule has 134 valence electrons. The molecule has 0 aliphatic rings. The average Bonchev–Trinajstić information content (AvgIpc) is 3.14. The van der Waals surface area contributed by atoms with E-state index in [0.29, 0.717) is 28.7 Å². The molecule has 1 heterocycles. The fourth-order valence-electron chi connectivity index (χ4n) is 2.19. The molecule has 6 heteroatoms. The Balaban J connectivity index is 2.14. The molecule has 1 atom stereocenters. The Labute approximate surface area is 152 Å². The number of carbonyl (C=O) groups is 2. The molecular formula is C19H23NO4S. The van der Waals surface area contributed by atoms with Crippen LogP contribution in [0.25, 0.3) is 0 Å². The van der Waals surface area contributed by atoms with E-state index in [0.717, 1.165) is 6.42 Å². The Morgan fingerprint density at radius 1 is 1.16 bits per heavy atom. The van der Waals surface area contributed by atoms with Gasteiger partial charge in [0.1, 0.15) is 10.6 Å². The molecular weight excluding hydrogens is 338 g/mol. The largest absolute Gasteiger partial charge is 0.497 e. The number of carbonyl (C=O) groups excluding carboxylic acids is 2. The van der Waals surface area contributed by atoms with Crippen LogP contribution in [-0.2, 0) is 9.53 Å². The second-order valence-electron chi connectivity index (χ2n) is 6.01. The lowest BCUT2D eigenvalue weighted by Crippen LogP contribution is -2.33. The van der Waals surface area contributed by atoms with Crippen molar-refractivity contribution in [2.75, 3.05) is 13.7 Å². The second kappa shape index (κ2) is 9.22. The first-order chi connectivity index (χ1) is 12.0. The quantitative estimate of drug-likeness (QED) is 0.726. The normalized spacial score (nSPS) is 11.8. The number of ether oxygens (including phenoxy) is 2. The fraction of sp³-hybridized carbons (Fsp3) is 0.368. The van der Waals surface area contributed by atoms with Gasteiger partial charge in [0.05, 0.1) is 7.11 Å². The number of nitrogens with one attached hydrogen (secondary N) is 1. The molecule has 0 spiro atoms. The molecule has 0 radical (unpaired) electrons. The van der Waals surface area contributed by atoms with Gasteiger partial charge >= 0.3 is 5.97 Å². The van der Waals surface area contributed by atoms with E-state index in [4.69, 9.17) is 9.47 Å². The number of amides is 1. The topological polar surface area (TPSA) is 64.6 Å². The zero-order valence-electron chi connectivity index (χ0n) is 14.7. The van der Waals surface area contributed by atoms with Crippen molar-refractivity contribution in [3.8, 4) is 5.75 Å². The maximum Gasteiger partial charge on any atom is 0.349 e. The maximum atomic E-state index is 12.6. The predicted octanol–water partition coefficient (Wildman–Crippen LogP) is 3.82. The molecule has 0 aliphatic carbocycles. The zero-order chi connectivity index (χ0) is 18.2. The summed E-state index contributed by atoms with van der Waals surface area (Å²) < 4.78 is 10.6. The minimum Gasteiger partial charge on any atom is -0.497 e. The van der Waals surface area contributed by atoms with Gasteiger partial charge in [-0.15, -0.1) is 11.3 Å². The Hall–Kier alpha value is -2.34. The summed E-state index contributed by atoms with van der Waals surface area (Å²) >= 11 is 1.28. The molecule has 1 aromatic heterocycles. The molecule has 1 N–H and O–H groups in total. The number of thiophene rings is 1. The summed E-state index contributed by atoms with van der Waals surface area (Å²) in [7, 11) is 1.57. The van der Waals surface area contributed by atoms with Crippen LogP contribution >= 0.6 is 11.3 Å². The van der Waals surface area contributed by atoms with Crippen molar-refractivity contribution in [2.45, 2.75) is 26.4 Å². The summed E-state index contributed by atoms with van der Waals surface area (Å²) in [6.07, 6.45) is -0.132. The van der Waals surface area contributed by atoms with E-state index in [9.17, 15) is 9.59 Å². The van der Waals surface area contributed by atoms with Crippen molar-refractivity contribution in [1.82, 2.24) is 5.32 Å². The Bertz CT molecular complexity index is 680. The van der Waals surface area contributed by atoms with Gasteiger partial charge in [-0.2, -0.15) is 0 Å². The predicted molar refractivity (Wildman–Crippen MR) is 97.9 cm³/mol. The van der Waals surface area contributed by atoms with E-state index < -0.39 is 12.1 Å². The Kier molecular flexibility index (Phi) is 7.01. The van der Waals surface area contributed by atoms with Crippen LogP contribution in [-0.4, -0.2) is 25.5 Å². The van der Waals surface area contributed by atoms with E-state index in [2.05, 4.69) is 19.2 Å². The molecule has 0 fully saturated rings.